The average Bonchev–Trinajstić information content (AvgIpc) is 3.17. The lowest BCUT2D eigenvalue weighted by Crippen LogP contribution is -2.46. The highest BCUT2D eigenvalue weighted by Crippen LogP contribution is 2.40. The maximum absolute atomic E-state index is 4.79. The molecule has 1 aliphatic carbocycles. The van der Waals surface area contributed by atoms with Gasteiger partial charge >= 0.3 is 0 Å². The standard InChI is InChI=1S/C15H26N4S/c1-11(2)9-16-10-13-5-3-4-8-19(13)15-17-14(18-20-15)12-6-7-12/h11-13,16H,3-10H2,1-2H3. The minimum Gasteiger partial charge on any atom is -0.343 e. The van der Waals surface area contributed by atoms with Gasteiger partial charge in [0.05, 0.1) is 0 Å². The summed E-state index contributed by atoms with van der Waals surface area (Å²) in [5.41, 5.74) is 0. The average molecular weight is 294 g/mol. The number of hydrogen-bond acceptors (Lipinski definition) is 5. The zero-order valence-corrected chi connectivity index (χ0v) is 13.5. The molecule has 0 amide bonds. The summed E-state index contributed by atoms with van der Waals surface area (Å²) in [6, 6.07) is 0.600. The zero-order chi connectivity index (χ0) is 13.9. The van der Waals surface area contributed by atoms with E-state index in [0.29, 0.717) is 12.0 Å². The van der Waals surface area contributed by atoms with Crippen LogP contribution in [0.2, 0.25) is 0 Å². The van der Waals surface area contributed by atoms with Crippen LogP contribution in [-0.2, 0) is 0 Å². The number of hydrogen-bond donors (Lipinski definition) is 1. The van der Waals surface area contributed by atoms with Gasteiger partial charge in [-0.2, -0.15) is 4.37 Å². The first-order valence-electron chi connectivity index (χ1n) is 8.05. The minimum atomic E-state index is 0.600. The molecular weight excluding hydrogens is 268 g/mol. The minimum absolute atomic E-state index is 0.600. The molecule has 2 fully saturated rings. The van der Waals surface area contributed by atoms with E-state index < -0.39 is 0 Å². The Morgan fingerprint density at radius 2 is 2.15 bits per heavy atom. The van der Waals surface area contributed by atoms with Crippen LogP contribution in [0.4, 0.5) is 5.13 Å². The van der Waals surface area contributed by atoms with Crippen LogP contribution in [0.15, 0.2) is 0 Å². The fourth-order valence-electron chi connectivity index (χ4n) is 2.85. The second-order valence-electron chi connectivity index (χ2n) is 6.60. The number of anilines is 1. The molecule has 3 rings (SSSR count). The first kappa shape index (κ1) is 14.3. The van der Waals surface area contributed by atoms with Crippen molar-refractivity contribution in [2.45, 2.75) is 57.9 Å². The molecule has 2 heterocycles. The second kappa shape index (κ2) is 6.39. The number of nitrogens with one attached hydrogen (secondary N) is 1. The quantitative estimate of drug-likeness (QED) is 0.875. The van der Waals surface area contributed by atoms with E-state index >= 15 is 0 Å². The van der Waals surface area contributed by atoms with Gasteiger partial charge in [-0.15, -0.1) is 0 Å². The van der Waals surface area contributed by atoms with E-state index in [1.54, 1.807) is 11.5 Å². The van der Waals surface area contributed by atoms with Crippen molar-refractivity contribution in [1.29, 1.82) is 0 Å². The fraction of sp³-hybridized carbons (Fsp3) is 0.867. The second-order valence-corrected chi connectivity index (χ2v) is 7.33. The summed E-state index contributed by atoms with van der Waals surface area (Å²) in [5.74, 6) is 2.49. The molecule has 20 heavy (non-hydrogen) atoms. The molecule has 112 valence electrons. The highest BCUT2D eigenvalue weighted by molar-refractivity contribution is 7.09. The predicted octanol–water partition coefficient (Wildman–Crippen LogP) is 3.02. The molecule has 0 spiro atoms. The summed E-state index contributed by atoms with van der Waals surface area (Å²) in [6.07, 6.45) is 6.49. The van der Waals surface area contributed by atoms with Crippen molar-refractivity contribution < 1.29 is 0 Å². The third-order valence-corrected chi connectivity index (χ3v) is 4.95. The van der Waals surface area contributed by atoms with E-state index in [1.807, 2.05) is 0 Å². The Balaban J connectivity index is 1.61. The monoisotopic (exact) mass is 294 g/mol. The number of piperidine rings is 1. The maximum atomic E-state index is 4.79. The van der Waals surface area contributed by atoms with Crippen LogP contribution in [0, 0.1) is 5.92 Å². The van der Waals surface area contributed by atoms with Crippen LogP contribution in [-0.4, -0.2) is 35.0 Å². The van der Waals surface area contributed by atoms with Crippen molar-refractivity contribution in [1.82, 2.24) is 14.7 Å². The topological polar surface area (TPSA) is 41.0 Å². The molecular formula is C15H26N4S. The van der Waals surface area contributed by atoms with Gasteiger partial charge in [-0.05, 0) is 44.6 Å². The summed E-state index contributed by atoms with van der Waals surface area (Å²) < 4.78 is 4.56. The molecule has 0 aromatic carbocycles. The summed E-state index contributed by atoms with van der Waals surface area (Å²) >= 11 is 1.60. The molecule has 1 saturated heterocycles. The van der Waals surface area contributed by atoms with Crippen LogP contribution in [0.3, 0.4) is 0 Å². The van der Waals surface area contributed by atoms with Crippen molar-refractivity contribution >= 4 is 16.7 Å². The maximum Gasteiger partial charge on any atom is 0.205 e. The molecule has 2 aliphatic rings. The van der Waals surface area contributed by atoms with Gasteiger partial charge in [-0.25, -0.2) is 4.98 Å². The van der Waals surface area contributed by atoms with Crippen LogP contribution in [0.25, 0.3) is 0 Å². The van der Waals surface area contributed by atoms with Gasteiger partial charge in [0, 0.05) is 36.6 Å². The third kappa shape index (κ3) is 3.50. The lowest BCUT2D eigenvalue weighted by atomic mass is 10.0. The Kier molecular flexibility index (Phi) is 4.56. The molecule has 4 nitrogen and oxygen atoms in total. The van der Waals surface area contributed by atoms with E-state index in [9.17, 15) is 0 Å². The number of nitrogens with zero attached hydrogens (tertiary/aromatic N) is 3. The molecule has 1 atom stereocenters. The SMILES string of the molecule is CC(C)CNCC1CCCCN1c1nc(C2CC2)ns1. The third-order valence-electron chi connectivity index (χ3n) is 4.18. The lowest BCUT2D eigenvalue weighted by Gasteiger charge is -2.35. The first-order valence-corrected chi connectivity index (χ1v) is 8.82. The van der Waals surface area contributed by atoms with Gasteiger partial charge < -0.3 is 10.2 Å². The van der Waals surface area contributed by atoms with Crippen LogP contribution in [0.5, 0.6) is 0 Å². The lowest BCUT2D eigenvalue weighted by molar-refractivity contribution is 0.422. The van der Waals surface area contributed by atoms with E-state index in [4.69, 9.17) is 4.98 Å². The molecule has 5 heteroatoms. The van der Waals surface area contributed by atoms with Gasteiger partial charge in [-0.1, -0.05) is 13.8 Å². The van der Waals surface area contributed by atoms with Crippen molar-refractivity contribution in [3.8, 4) is 0 Å². The van der Waals surface area contributed by atoms with Gasteiger partial charge in [0.1, 0.15) is 5.82 Å². The predicted molar refractivity (Wildman–Crippen MR) is 84.6 cm³/mol. The smallest absolute Gasteiger partial charge is 0.205 e. The van der Waals surface area contributed by atoms with E-state index in [2.05, 4.69) is 28.4 Å². The Hall–Kier alpha value is -0.680. The summed E-state index contributed by atoms with van der Waals surface area (Å²) in [6.45, 7) is 7.86. The van der Waals surface area contributed by atoms with Crippen LogP contribution >= 0.6 is 11.5 Å². The molecule has 1 aromatic heterocycles. The number of rotatable bonds is 6. The Morgan fingerprint density at radius 3 is 2.90 bits per heavy atom. The molecule has 1 saturated carbocycles. The molecule has 1 aromatic rings. The Morgan fingerprint density at radius 1 is 1.30 bits per heavy atom. The largest absolute Gasteiger partial charge is 0.343 e. The van der Waals surface area contributed by atoms with Crippen LogP contribution in [0.1, 0.15) is 57.7 Å². The normalized spacial score (nSPS) is 23.6. The first-order chi connectivity index (χ1) is 9.74. The van der Waals surface area contributed by atoms with Crippen LogP contribution < -0.4 is 10.2 Å². The van der Waals surface area contributed by atoms with Gasteiger partial charge in [0.2, 0.25) is 5.13 Å². The zero-order valence-electron chi connectivity index (χ0n) is 12.6. The molecule has 1 unspecified atom stereocenters. The number of aromatic nitrogens is 2. The van der Waals surface area contributed by atoms with Crippen molar-refractivity contribution in [3.63, 3.8) is 0 Å². The van der Waals surface area contributed by atoms with E-state index in [1.165, 1.54) is 32.1 Å². The summed E-state index contributed by atoms with van der Waals surface area (Å²) in [4.78, 5) is 7.30. The molecule has 0 bridgehead atoms. The van der Waals surface area contributed by atoms with Gasteiger partial charge in [0.25, 0.3) is 0 Å². The van der Waals surface area contributed by atoms with Crippen molar-refractivity contribution in [2.24, 2.45) is 5.92 Å². The molecule has 0 radical (unpaired) electrons. The highest BCUT2D eigenvalue weighted by Gasteiger charge is 2.30. The van der Waals surface area contributed by atoms with Crippen molar-refractivity contribution in [2.75, 3.05) is 24.5 Å². The Labute approximate surface area is 126 Å². The fourth-order valence-corrected chi connectivity index (χ4v) is 3.70. The van der Waals surface area contributed by atoms with E-state index in [0.717, 1.165) is 36.5 Å². The van der Waals surface area contributed by atoms with E-state index in [-0.39, 0.29) is 0 Å². The summed E-state index contributed by atoms with van der Waals surface area (Å²) in [7, 11) is 0. The Bertz CT molecular complexity index is 427. The van der Waals surface area contributed by atoms with Crippen molar-refractivity contribution in [3.05, 3.63) is 5.82 Å². The summed E-state index contributed by atoms with van der Waals surface area (Å²) in [5, 5.41) is 4.77. The van der Waals surface area contributed by atoms with Gasteiger partial charge in [-0.3, -0.25) is 0 Å². The molecule has 1 aliphatic heterocycles. The highest BCUT2D eigenvalue weighted by atomic mass is 32.1. The molecule has 1 N–H and O–H groups in total. The van der Waals surface area contributed by atoms with Gasteiger partial charge in [0.15, 0.2) is 0 Å².